The second-order valence-corrected chi connectivity index (χ2v) is 6.28. The zero-order valence-corrected chi connectivity index (χ0v) is 14.0. The van der Waals surface area contributed by atoms with Gasteiger partial charge in [0.05, 0.1) is 11.1 Å². The van der Waals surface area contributed by atoms with Gasteiger partial charge in [-0.3, -0.25) is 14.8 Å². The summed E-state index contributed by atoms with van der Waals surface area (Å²) < 4.78 is 0. The molecular formula is C20H20N4O. The van der Waals surface area contributed by atoms with Crippen LogP contribution in [0.5, 0.6) is 0 Å². The third kappa shape index (κ3) is 3.31. The Morgan fingerprint density at radius 3 is 2.48 bits per heavy atom. The van der Waals surface area contributed by atoms with E-state index in [9.17, 15) is 4.79 Å². The van der Waals surface area contributed by atoms with Crippen molar-refractivity contribution in [1.82, 2.24) is 9.97 Å². The van der Waals surface area contributed by atoms with Crippen LogP contribution in [-0.4, -0.2) is 29.0 Å². The van der Waals surface area contributed by atoms with Gasteiger partial charge in [-0.05, 0) is 55.7 Å². The second kappa shape index (κ2) is 6.89. The molecule has 1 saturated heterocycles. The van der Waals surface area contributed by atoms with Crippen LogP contribution in [0.15, 0.2) is 54.9 Å². The topological polar surface area (TPSA) is 58.1 Å². The largest absolute Gasteiger partial charge is 0.372 e. The Labute approximate surface area is 146 Å². The summed E-state index contributed by atoms with van der Waals surface area (Å²) >= 11 is 0. The molecule has 5 nitrogen and oxygen atoms in total. The number of aromatic nitrogens is 2. The molecule has 3 aromatic rings. The van der Waals surface area contributed by atoms with Gasteiger partial charge in [0.25, 0.3) is 5.91 Å². The molecule has 1 fully saturated rings. The molecule has 126 valence electrons. The SMILES string of the molecule is O=C(Nc1ccc(N2CCCCC2)cc1)c1cccc2nccnc12. The van der Waals surface area contributed by atoms with Crippen molar-refractivity contribution in [1.29, 1.82) is 0 Å². The minimum absolute atomic E-state index is 0.170. The predicted molar refractivity (Wildman–Crippen MR) is 100.0 cm³/mol. The highest BCUT2D eigenvalue weighted by Gasteiger charge is 2.13. The van der Waals surface area contributed by atoms with Crippen molar-refractivity contribution in [3.63, 3.8) is 0 Å². The highest BCUT2D eigenvalue weighted by molar-refractivity contribution is 6.11. The van der Waals surface area contributed by atoms with Crippen LogP contribution in [0.1, 0.15) is 29.6 Å². The van der Waals surface area contributed by atoms with E-state index in [2.05, 4.69) is 32.3 Å². The highest BCUT2D eigenvalue weighted by Crippen LogP contribution is 2.22. The molecule has 2 aromatic carbocycles. The maximum absolute atomic E-state index is 12.6. The standard InChI is InChI=1S/C20H20N4O/c25-20(17-5-4-6-18-19(17)22-12-11-21-18)23-15-7-9-16(10-8-15)24-13-2-1-3-14-24/h4-12H,1-3,13-14H2,(H,23,25). The van der Waals surface area contributed by atoms with Gasteiger partial charge in [0.1, 0.15) is 5.52 Å². The molecule has 2 heterocycles. The van der Waals surface area contributed by atoms with Crippen LogP contribution >= 0.6 is 0 Å². The number of piperidine rings is 1. The smallest absolute Gasteiger partial charge is 0.257 e. The predicted octanol–water partition coefficient (Wildman–Crippen LogP) is 3.87. The number of nitrogens with zero attached hydrogens (tertiary/aromatic N) is 3. The molecule has 5 heteroatoms. The zero-order chi connectivity index (χ0) is 17.1. The van der Waals surface area contributed by atoms with Gasteiger partial charge in [-0.15, -0.1) is 0 Å². The lowest BCUT2D eigenvalue weighted by molar-refractivity contribution is 0.102. The van der Waals surface area contributed by atoms with Crippen molar-refractivity contribution in [2.75, 3.05) is 23.3 Å². The summed E-state index contributed by atoms with van der Waals surface area (Å²) in [4.78, 5) is 23.6. The van der Waals surface area contributed by atoms with Crippen LogP contribution in [-0.2, 0) is 0 Å². The number of hydrogen-bond acceptors (Lipinski definition) is 4. The minimum atomic E-state index is -0.170. The number of fused-ring (bicyclic) bond motifs is 1. The van der Waals surface area contributed by atoms with Crippen LogP contribution < -0.4 is 10.2 Å². The molecule has 0 atom stereocenters. The van der Waals surface area contributed by atoms with E-state index in [1.54, 1.807) is 18.5 Å². The summed E-state index contributed by atoms with van der Waals surface area (Å²) in [5.74, 6) is -0.170. The summed E-state index contributed by atoms with van der Waals surface area (Å²) in [7, 11) is 0. The molecule has 1 amide bonds. The molecule has 1 aromatic heterocycles. The molecular weight excluding hydrogens is 312 g/mol. The Kier molecular flexibility index (Phi) is 4.29. The molecule has 0 unspecified atom stereocenters. The van der Waals surface area contributed by atoms with E-state index in [0.717, 1.165) is 24.3 Å². The number of para-hydroxylation sites is 1. The first-order valence-electron chi connectivity index (χ1n) is 8.67. The summed E-state index contributed by atoms with van der Waals surface area (Å²) in [6.45, 7) is 2.22. The fourth-order valence-electron chi connectivity index (χ4n) is 3.28. The third-order valence-electron chi connectivity index (χ3n) is 4.59. The van der Waals surface area contributed by atoms with Gasteiger partial charge in [0.15, 0.2) is 0 Å². The minimum Gasteiger partial charge on any atom is -0.372 e. The van der Waals surface area contributed by atoms with E-state index in [0.29, 0.717) is 11.1 Å². The highest BCUT2D eigenvalue weighted by atomic mass is 16.1. The van der Waals surface area contributed by atoms with E-state index in [-0.39, 0.29) is 5.91 Å². The summed E-state index contributed by atoms with van der Waals surface area (Å²) in [5, 5.41) is 2.96. The van der Waals surface area contributed by atoms with E-state index in [1.165, 1.54) is 24.9 Å². The maximum Gasteiger partial charge on any atom is 0.257 e. The van der Waals surface area contributed by atoms with Gasteiger partial charge in [-0.1, -0.05) is 6.07 Å². The number of nitrogens with one attached hydrogen (secondary N) is 1. The van der Waals surface area contributed by atoms with Gasteiger partial charge in [-0.2, -0.15) is 0 Å². The second-order valence-electron chi connectivity index (χ2n) is 6.28. The lowest BCUT2D eigenvalue weighted by Crippen LogP contribution is -2.29. The van der Waals surface area contributed by atoms with Crippen molar-refractivity contribution >= 4 is 28.3 Å². The van der Waals surface area contributed by atoms with E-state index in [4.69, 9.17) is 0 Å². The van der Waals surface area contributed by atoms with Crippen molar-refractivity contribution in [3.05, 3.63) is 60.4 Å². The van der Waals surface area contributed by atoms with Crippen molar-refractivity contribution in [2.24, 2.45) is 0 Å². The molecule has 0 bridgehead atoms. The average molecular weight is 332 g/mol. The zero-order valence-electron chi connectivity index (χ0n) is 14.0. The molecule has 0 saturated carbocycles. The van der Waals surface area contributed by atoms with Gasteiger partial charge in [0.2, 0.25) is 0 Å². The Bertz CT molecular complexity index is 880. The van der Waals surface area contributed by atoms with Crippen LogP contribution in [0.4, 0.5) is 11.4 Å². The van der Waals surface area contributed by atoms with Crippen LogP contribution in [0.3, 0.4) is 0 Å². The lowest BCUT2D eigenvalue weighted by Gasteiger charge is -2.28. The summed E-state index contributed by atoms with van der Waals surface area (Å²) in [5.41, 5.74) is 3.87. The average Bonchev–Trinajstić information content (AvgIpc) is 2.69. The third-order valence-corrected chi connectivity index (χ3v) is 4.59. The quantitative estimate of drug-likeness (QED) is 0.791. The van der Waals surface area contributed by atoms with Gasteiger partial charge in [-0.25, -0.2) is 0 Å². The lowest BCUT2D eigenvalue weighted by atomic mass is 10.1. The molecule has 1 aliphatic heterocycles. The number of amides is 1. The molecule has 4 rings (SSSR count). The summed E-state index contributed by atoms with van der Waals surface area (Å²) in [6.07, 6.45) is 7.05. The molecule has 25 heavy (non-hydrogen) atoms. The number of anilines is 2. The van der Waals surface area contributed by atoms with Crippen molar-refractivity contribution < 1.29 is 4.79 Å². The Morgan fingerprint density at radius 1 is 0.920 bits per heavy atom. The van der Waals surface area contributed by atoms with E-state index < -0.39 is 0 Å². The van der Waals surface area contributed by atoms with Crippen LogP contribution in [0, 0.1) is 0 Å². The molecule has 0 spiro atoms. The molecule has 0 aliphatic carbocycles. The first kappa shape index (κ1) is 15.6. The molecule has 0 radical (unpaired) electrons. The number of rotatable bonds is 3. The van der Waals surface area contributed by atoms with Gasteiger partial charge in [0, 0.05) is 36.9 Å². The molecule has 1 aliphatic rings. The normalized spacial score (nSPS) is 14.5. The number of carbonyl (C=O) groups is 1. The first-order chi connectivity index (χ1) is 12.3. The van der Waals surface area contributed by atoms with Gasteiger partial charge >= 0.3 is 0 Å². The number of carbonyl (C=O) groups excluding carboxylic acids is 1. The molecule has 1 N–H and O–H groups in total. The Hall–Kier alpha value is -2.95. The van der Waals surface area contributed by atoms with E-state index in [1.807, 2.05) is 24.3 Å². The number of hydrogen-bond donors (Lipinski definition) is 1. The monoisotopic (exact) mass is 332 g/mol. The fourth-order valence-corrected chi connectivity index (χ4v) is 3.28. The van der Waals surface area contributed by atoms with Crippen LogP contribution in [0.25, 0.3) is 11.0 Å². The maximum atomic E-state index is 12.6. The Balaban J connectivity index is 1.52. The van der Waals surface area contributed by atoms with Gasteiger partial charge < -0.3 is 10.2 Å². The summed E-state index contributed by atoms with van der Waals surface area (Å²) in [6, 6.07) is 13.5. The Morgan fingerprint density at radius 2 is 1.68 bits per heavy atom. The van der Waals surface area contributed by atoms with Crippen LogP contribution in [0.2, 0.25) is 0 Å². The fraction of sp³-hybridized carbons (Fsp3) is 0.250. The van der Waals surface area contributed by atoms with Crippen molar-refractivity contribution in [3.8, 4) is 0 Å². The number of benzene rings is 2. The van der Waals surface area contributed by atoms with Crippen molar-refractivity contribution in [2.45, 2.75) is 19.3 Å². The first-order valence-corrected chi connectivity index (χ1v) is 8.67. The van der Waals surface area contributed by atoms with E-state index >= 15 is 0 Å².